The lowest BCUT2D eigenvalue weighted by Crippen LogP contribution is -2.22. The van der Waals surface area contributed by atoms with Crippen LogP contribution in [-0.4, -0.2) is 9.55 Å². The van der Waals surface area contributed by atoms with E-state index >= 15 is 0 Å². The van der Waals surface area contributed by atoms with Crippen LogP contribution < -0.4 is 5.56 Å². The Balaban J connectivity index is 2.34. The summed E-state index contributed by atoms with van der Waals surface area (Å²) in [5.41, 5.74) is 0.213. The summed E-state index contributed by atoms with van der Waals surface area (Å²) in [4.78, 5) is 15.4. The first-order valence-electron chi connectivity index (χ1n) is 4.61. The molecule has 0 aliphatic rings. The largest absolute Gasteiger partial charge is 0.309 e. The van der Waals surface area contributed by atoms with Crippen molar-refractivity contribution in [3.63, 3.8) is 0 Å². The maximum Gasteiger partial charge on any atom is 0.286 e. The average Bonchev–Trinajstić information content (AvgIpc) is 2.25. The molecule has 0 atom stereocenters. The molecular formula is C11H8BrFN2O. The predicted octanol–water partition coefficient (Wildman–Crippen LogP) is 2.19. The van der Waals surface area contributed by atoms with E-state index in [4.69, 9.17) is 0 Å². The Bertz CT molecular complexity index is 568. The summed E-state index contributed by atoms with van der Waals surface area (Å²) in [6.07, 6.45) is 4.84. The van der Waals surface area contributed by atoms with Gasteiger partial charge >= 0.3 is 0 Å². The average molecular weight is 283 g/mol. The van der Waals surface area contributed by atoms with Crippen LogP contribution in [0.2, 0.25) is 0 Å². The first-order chi connectivity index (χ1) is 7.66. The number of nitrogens with zero attached hydrogens (tertiary/aromatic N) is 2. The van der Waals surface area contributed by atoms with Crippen LogP contribution in [0.4, 0.5) is 4.39 Å². The molecule has 2 aromatic rings. The normalized spacial score (nSPS) is 10.4. The van der Waals surface area contributed by atoms with Crippen molar-refractivity contribution in [1.82, 2.24) is 9.55 Å². The van der Waals surface area contributed by atoms with E-state index in [2.05, 4.69) is 20.9 Å². The minimum atomic E-state index is -0.745. The van der Waals surface area contributed by atoms with Crippen LogP contribution >= 0.6 is 15.9 Å². The zero-order valence-corrected chi connectivity index (χ0v) is 9.82. The lowest BCUT2D eigenvalue weighted by molar-refractivity contribution is 0.580. The van der Waals surface area contributed by atoms with Gasteiger partial charge in [0.25, 0.3) is 5.56 Å². The maximum atomic E-state index is 13.0. The highest BCUT2D eigenvalue weighted by Gasteiger charge is 2.02. The molecule has 2 heterocycles. The van der Waals surface area contributed by atoms with E-state index in [1.807, 2.05) is 6.07 Å². The fourth-order valence-electron chi connectivity index (χ4n) is 1.37. The maximum absolute atomic E-state index is 13.0. The van der Waals surface area contributed by atoms with Gasteiger partial charge in [0.05, 0.1) is 6.54 Å². The molecule has 3 nitrogen and oxygen atoms in total. The summed E-state index contributed by atoms with van der Waals surface area (Å²) in [5, 5.41) is 0. The quantitative estimate of drug-likeness (QED) is 0.846. The first-order valence-corrected chi connectivity index (χ1v) is 5.40. The standard InChI is InChI=1S/C11H8BrFN2O/c12-9-4-8(5-14-6-9)7-15-3-1-2-10(13)11(15)16/h1-6H,7H2. The molecule has 0 fully saturated rings. The molecule has 82 valence electrons. The van der Waals surface area contributed by atoms with Gasteiger partial charge in [-0.15, -0.1) is 0 Å². The SMILES string of the molecule is O=c1c(F)cccn1Cc1cncc(Br)c1. The van der Waals surface area contributed by atoms with E-state index in [-0.39, 0.29) is 0 Å². The van der Waals surface area contributed by atoms with Crippen molar-refractivity contribution in [2.45, 2.75) is 6.54 Å². The van der Waals surface area contributed by atoms with Gasteiger partial charge in [-0.2, -0.15) is 0 Å². The van der Waals surface area contributed by atoms with Gasteiger partial charge < -0.3 is 4.57 Å². The van der Waals surface area contributed by atoms with Crippen molar-refractivity contribution in [3.8, 4) is 0 Å². The molecule has 0 amide bonds. The zero-order chi connectivity index (χ0) is 11.5. The van der Waals surface area contributed by atoms with Crippen molar-refractivity contribution in [1.29, 1.82) is 0 Å². The van der Waals surface area contributed by atoms with Crippen molar-refractivity contribution < 1.29 is 4.39 Å². The zero-order valence-electron chi connectivity index (χ0n) is 8.23. The van der Waals surface area contributed by atoms with E-state index < -0.39 is 11.4 Å². The van der Waals surface area contributed by atoms with Gasteiger partial charge in [-0.3, -0.25) is 9.78 Å². The molecule has 0 radical (unpaired) electrons. The Morgan fingerprint density at radius 2 is 2.25 bits per heavy atom. The van der Waals surface area contributed by atoms with E-state index in [0.29, 0.717) is 6.54 Å². The molecule has 0 N–H and O–H groups in total. The molecule has 2 rings (SSSR count). The summed E-state index contributed by atoms with van der Waals surface area (Å²) in [6, 6.07) is 4.49. The second kappa shape index (κ2) is 4.57. The highest BCUT2D eigenvalue weighted by Crippen LogP contribution is 2.10. The molecule has 5 heteroatoms. The van der Waals surface area contributed by atoms with Crippen LogP contribution in [0, 0.1) is 5.82 Å². The minimum absolute atomic E-state index is 0.309. The van der Waals surface area contributed by atoms with Crippen LogP contribution in [0.15, 0.2) is 46.1 Å². The lowest BCUT2D eigenvalue weighted by Gasteiger charge is -2.05. The molecule has 0 aromatic carbocycles. The van der Waals surface area contributed by atoms with Crippen molar-refractivity contribution in [2.24, 2.45) is 0 Å². The monoisotopic (exact) mass is 282 g/mol. The summed E-state index contributed by atoms with van der Waals surface area (Å²) in [5.74, 6) is -0.745. The number of hydrogen-bond acceptors (Lipinski definition) is 2. The fraction of sp³-hybridized carbons (Fsp3) is 0.0909. The van der Waals surface area contributed by atoms with Crippen LogP contribution in [0.25, 0.3) is 0 Å². The molecule has 0 spiro atoms. The van der Waals surface area contributed by atoms with E-state index in [9.17, 15) is 9.18 Å². The fourth-order valence-corrected chi connectivity index (χ4v) is 1.78. The smallest absolute Gasteiger partial charge is 0.286 e. The first kappa shape index (κ1) is 11.0. The number of rotatable bonds is 2. The predicted molar refractivity (Wildman–Crippen MR) is 61.7 cm³/mol. The van der Waals surface area contributed by atoms with Gasteiger partial charge in [-0.1, -0.05) is 0 Å². The molecule has 0 unspecified atom stereocenters. The highest BCUT2D eigenvalue weighted by atomic mass is 79.9. The third-order valence-electron chi connectivity index (χ3n) is 2.09. The Labute approximate surface area is 99.7 Å². The van der Waals surface area contributed by atoms with E-state index in [1.165, 1.54) is 10.6 Å². The highest BCUT2D eigenvalue weighted by molar-refractivity contribution is 9.10. The summed E-state index contributed by atoms with van der Waals surface area (Å²) >= 11 is 3.28. The number of hydrogen-bond donors (Lipinski definition) is 0. The van der Waals surface area contributed by atoms with Crippen LogP contribution in [-0.2, 0) is 6.54 Å². The van der Waals surface area contributed by atoms with Gasteiger partial charge in [0.2, 0.25) is 0 Å². The Kier molecular flexibility index (Phi) is 3.14. The molecule has 0 saturated heterocycles. The van der Waals surface area contributed by atoms with E-state index in [1.54, 1.807) is 18.6 Å². The summed E-state index contributed by atoms with van der Waals surface area (Å²) < 4.78 is 15.1. The number of aromatic nitrogens is 2. The van der Waals surface area contributed by atoms with Crippen LogP contribution in [0.5, 0.6) is 0 Å². The molecule has 0 saturated carbocycles. The third kappa shape index (κ3) is 2.36. The van der Waals surface area contributed by atoms with Gasteiger partial charge in [0.1, 0.15) is 0 Å². The molecule has 0 bridgehead atoms. The van der Waals surface area contributed by atoms with Crippen molar-refractivity contribution in [2.75, 3.05) is 0 Å². The molecule has 16 heavy (non-hydrogen) atoms. The molecule has 2 aromatic heterocycles. The van der Waals surface area contributed by atoms with Gasteiger partial charge in [0, 0.05) is 23.1 Å². The molecular weight excluding hydrogens is 275 g/mol. The van der Waals surface area contributed by atoms with Gasteiger partial charge in [-0.25, -0.2) is 4.39 Å². The van der Waals surface area contributed by atoms with E-state index in [0.717, 1.165) is 16.1 Å². The Morgan fingerprint density at radius 3 is 3.00 bits per heavy atom. The molecule has 0 aliphatic carbocycles. The molecule has 0 aliphatic heterocycles. The summed E-state index contributed by atoms with van der Waals surface area (Å²) in [6.45, 7) is 0.309. The number of pyridine rings is 2. The second-order valence-electron chi connectivity index (χ2n) is 3.30. The van der Waals surface area contributed by atoms with Gasteiger partial charge in [-0.05, 0) is 39.7 Å². The van der Waals surface area contributed by atoms with Gasteiger partial charge in [0.15, 0.2) is 5.82 Å². The Hall–Kier alpha value is -1.49. The third-order valence-corrected chi connectivity index (χ3v) is 2.52. The number of halogens is 2. The van der Waals surface area contributed by atoms with Crippen molar-refractivity contribution in [3.05, 3.63) is 63.0 Å². The minimum Gasteiger partial charge on any atom is -0.309 e. The lowest BCUT2D eigenvalue weighted by atomic mass is 10.3. The topological polar surface area (TPSA) is 34.9 Å². The second-order valence-corrected chi connectivity index (χ2v) is 4.22. The Morgan fingerprint density at radius 1 is 1.44 bits per heavy atom. The van der Waals surface area contributed by atoms with Crippen molar-refractivity contribution >= 4 is 15.9 Å². The van der Waals surface area contributed by atoms with Crippen LogP contribution in [0.1, 0.15) is 5.56 Å². The van der Waals surface area contributed by atoms with Crippen LogP contribution in [0.3, 0.4) is 0 Å². The summed E-state index contributed by atoms with van der Waals surface area (Å²) in [7, 11) is 0.